The van der Waals surface area contributed by atoms with Crippen molar-refractivity contribution in [2.45, 2.75) is 70.5 Å². The summed E-state index contributed by atoms with van der Waals surface area (Å²) in [6.07, 6.45) is 2.87. The summed E-state index contributed by atoms with van der Waals surface area (Å²) >= 11 is 0. The van der Waals surface area contributed by atoms with Crippen molar-refractivity contribution in [3.8, 4) is 0 Å². The van der Waals surface area contributed by atoms with Crippen molar-refractivity contribution in [3.63, 3.8) is 0 Å². The van der Waals surface area contributed by atoms with Crippen LogP contribution in [0.3, 0.4) is 0 Å². The molecule has 0 bridgehead atoms. The first-order valence-electron chi connectivity index (χ1n) is 15.4. The number of nitrogens with one attached hydrogen (secondary N) is 4. The van der Waals surface area contributed by atoms with E-state index in [4.69, 9.17) is 0 Å². The van der Waals surface area contributed by atoms with Gasteiger partial charge >= 0.3 is 0 Å². The molecule has 0 unspecified atom stereocenters. The monoisotopic (exact) mass is 598 g/mol. The van der Waals surface area contributed by atoms with E-state index in [1.54, 1.807) is 0 Å². The second-order valence-corrected chi connectivity index (χ2v) is 11.9. The first-order chi connectivity index (χ1) is 21.2. The Morgan fingerprint density at radius 2 is 1.59 bits per heavy atom. The van der Waals surface area contributed by atoms with E-state index in [0.717, 1.165) is 21.9 Å². The SMILES string of the molecule is CC(C)C[C@H](NC(=O)[C@H](Cc1cccc2ccccc12)NC(=O)Cc1ccccc1)C(=O)N[C@H](C=O)CC[C@@H]1CCNC1=O. The Kier molecular flexibility index (Phi) is 11.6. The predicted molar refractivity (Wildman–Crippen MR) is 169 cm³/mol. The molecule has 9 heteroatoms. The highest BCUT2D eigenvalue weighted by Gasteiger charge is 2.30. The molecule has 0 spiro atoms. The molecule has 232 valence electrons. The molecule has 0 radical (unpaired) electrons. The fraction of sp³-hybridized carbons (Fsp3) is 0.400. The number of benzene rings is 3. The first kappa shape index (κ1) is 32.4. The molecule has 1 heterocycles. The molecular weight excluding hydrogens is 556 g/mol. The van der Waals surface area contributed by atoms with Crippen LogP contribution in [-0.4, -0.2) is 54.6 Å². The Labute approximate surface area is 258 Å². The Morgan fingerprint density at radius 1 is 0.886 bits per heavy atom. The van der Waals surface area contributed by atoms with Gasteiger partial charge in [-0.3, -0.25) is 19.2 Å². The lowest BCUT2D eigenvalue weighted by Gasteiger charge is -2.26. The van der Waals surface area contributed by atoms with E-state index in [-0.39, 0.29) is 36.5 Å². The van der Waals surface area contributed by atoms with Crippen LogP contribution < -0.4 is 21.3 Å². The lowest BCUT2D eigenvalue weighted by molar-refractivity contribution is -0.133. The van der Waals surface area contributed by atoms with E-state index in [0.29, 0.717) is 38.5 Å². The number of fused-ring (bicyclic) bond motifs is 1. The molecule has 1 aliphatic heterocycles. The van der Waals surface area contributed by atoms with Crippen molar-refractivity contribution in [3.05, 3.63) is 83.9 Å². The third kappa shape index (κ3) is 9.23. The van der Waals surface area contributed by atoms with Gasteiger partial charge in [-0.1, -0.05) is 86.6 Å². The van der Waals surface area contributed by atoms with E-state index in [1.807, 2.05) is 86.6 Å². The minimum atomic E-state index is -0.942. The number of aldehydes is 1. The van der Waals surface area contributed by atoms with E-state index >= 15 is 0 Å². The molecular formula is C35H42N4O5. The number of hydrogen-bond donors (Lipinski definition) is 4. The van der Waals surface area contributed by atoms with Crippen LogP contribution in [0.5, 0.6) is 0 Å². The van der Waals surface area contributed by atoms with Crippen LogP contribution >= 0.6 is 0 Å². The number of amides is 4. The van der Waals surface area contributed by atoms with Crippen LogP contribution in [-0.2, 0) is 36.8 Å². The number of carbonyl (C=O) groups is 5. The summed E-state index contributed by atoms with van der Waals surface area (Å²) in [6.45, 7) is 4.50. The van der Waals surface area contributed by atoms with Gasteiger partial charge in [0.05, 0.1) is 12.5 Å². The Hall–Kier alpha value is -4.53. The van der Waals surface area contributed by atoms with Crippen molar-refractivity contribution in [2.75, 3.05) is 6.54 Å². The second-order valence-electron chi connectivity index (χ2n) is 11.9. The number of carbonyl (C=O) groups excluding carboxylic acids is 5. The molecule has 4 rings (SSSR count). The standard InChI is InChI=1S/C35H42N4O5/c1-23(2)19-30(34(43)37-28(22-40)16-15-26-17-18-36-33(26)42)39-35(44)31(38-32(41)20-24-9-4-3-5-10-24)21-27-13-8-12-25-11-6-7-14-29(25)27/h3-14,22-23,26,28,30-31H,15-21H2,1-2H3,(H,36,42)(H,37,43)(H,38,41)(H,39,44)/t26-,28+,30+,31+/m1/s1. The molecule has 4 atom stereocenters. The van der Waals surface area contributed by atoms with Gasteiger partial charge in [0.2, 0.25) is 23.6 Å². The van der Waals surface area contributed by atoms with Gasteiger partial charge in [0, 0.05) is 18.9 Å². The van der Waals surface area contributed by atoms with E-state index in [2.05, 4.69) is 21.3 Å². The number of hydrogen-bond acceptors (Lipinski definition) is 5. The maximum atomic E-state index is 13.8. The topological polar surface area (TPSA) is 133 Å². The van der Waals surface area contributed by atoms with Gasteiger partial charge in [-0.25, -0.2) is 0 Å². The first-order valence-corrected chi connectivity index (χ1v) is 15.4. The summed E-state index contributed by atoms with van der Waals surface area (Å²) in [5.74, 6) is -1.40. The molecule has 0 aliphatic carbocycles. The van der Waals surface area contributed by atoms with E-state index in [1.165, 1.54) is 0 Å². The summed E-state index contributed by atoms with van der Waals surface area (Å²) in [4.78, 5) is 64.1. The highest BCUT2D eigenvalue weighted by molar-refractivity contribution is 5.94. The molecule has 1 fully saturated rings. The maximum Gasteiger partial charge on any atom is 0.243 e. The predicted octanol–water partition coefficient (Wildman–Crippen LogP) is 3.24. The summed E-state index contributed by atoms with van der Waals surface area (Å²) in [7, 11) is 0. The normalized spacial score (nSPS) is 16.5. The van der Waals surface area contributed by atoms with Crippen molar-refractivity contribution in [1.29, 1.82) is 0 Å². The van der Waals surface area contributed by atoms with Gasteiger partial charge in [-0.05, 0) is 53.5 Å². The van der Waals surface area contributed by atoms with Gasteiger partial charge < -0.3 is 26.1 Å². The molecule has 1 saturated heterocycles. The highest BCUT2D eigenvalue weighted by Crippen LogP contribution is 2.21. The highest BCUT2D eigenvalue weighted by atomic mass is 16.2. The zero-order valence-corrected chi connectivity index (χ0v) is 25.4. The Morgan fingerprint density at radius 3 is 2.30 bits per heavy atom. The largest absolute Gasteiger partial charge is 0.356 e. The molecule has 44 heavy (non-hydrogen) atoms. The molecule has 3 aromatic carbocycles. The third-order valence-electron chi connectivity index (χ3n) is 7.98. The van der Waals surface area contributed by atoms with Gasteiger partial charge in [0.15, 0.2) is 0 Å². The van der Waals surface area contributed by atoms with Crippen molar-refractivity contribution in [1.82, 2.24) is 21.3 Å². The van der Waals surface area contributed by atoms with Gasteiger partial charge in [0.1, 0.15) is 18.4 Å². The quantitative estimate of drug-likeness (QED) is 0.199. The molecule has 4 N–H and O–H groups in total. The molecule has 0 saturated carbocycles. The molecule has 9 nitrogen and oxygen atoms in total. The average molecular weight is 599 g/mol. The van der Waals surface area contributed by atoms with Crippen molar-refractivity contribution in [2.24, 2.45) is 11.8 Å². The Balaban J connectivity index is 1.50. The maximum absolute atomic E-state index is 13.8. The van der Waals surface area contributed by atoms with Crippen molar-refractivity contribution >= 4 is 40.7 Å². The summed E-state index contributed by atoms with van der Waals surface area (Å²) in [5.41, 5.74) is 1.71. The van der Waals surface area contributed by atoms with Crippen LogP contribution in [0.4, 0.5) is 0 Å². The van der Waals surface area contributed by atoms with E-state index in [9.17, 15) is 24.0 Å². The van der Waals surface area contributed by atoms with Gasteiger partial charge in [-0.15, -0.1) is 0 Å². The fourth-order valence-corrected chi connectivity index (χ4v) is 5.66. The zero-order chi connectivity index (χ0) is 31.5. The van der Waals surface area contributed by atoms with Crippen LogP contribution in [0.15, 0.2) is 72.8 Å². The lowest BCUT2D eigenvalue weighted by atomic mass is 9.97. The van der Waals surface area contributed by atoms with Crippen LogP contribution in [0.1, 0.15) is 50.7 Å². The second kappa shape index (κ2) is 15.8. The fourth-order valence-electron chi connectivity index (χ4n) is 5.66. The molecule has 1 aliphatic rings. The van der Waals surface area contributed by atoms with Crippen LogP contribution in [0.25, 0.3) is 10.8 Å². The lowest BCUT2D eigenvalue weighted by Crippen LogP contribution is -2.56. The molecule has 0 aromatic heterocycles. The van der Waals surface area contributed by atoms with Crippen molar-refractivity contribution < 1.29 is 24.0 Å². The minimum absolute atomic E-state index is 0.0301. The third-order valence-corrected chi connectivity index (χ3v) is 7.98. The summed E-state index contributed by atoms with van der Waals surface area (Å²) in [6, 6.07) is 20.3. The van der Waals surface area contributed by atoms with Crippen LogP contribution in [0, 0.1) is 11.8 Å². The molecule has 3 aromatic rings. The average Bonchev–Trinajstić information content (AvgIpc) is 3.43. The number of rotatable bonds is 15. The van der Waals surface area contributed by atoms with Gasteiger partial charge in [-0.2, -0.15) is 0 Å². The summed E-state index contributed by atoms with van der Waals surface area (Å²) in [5, 5.41) is 13.3. The smallest absolute Gasteiger partial charge is 0.243 e. The van der Waals surface area contributed by atoms with Crippen LogP contribution in [0.2, 0.25) is 0 Å². The Bertz CT molecular complexity index is 1450. The van der Waals surface area contributed by atoms with E-state index < -0.39 is 29.9 Å². The minimum Gasteiger partial charge on any atom is -0.356 e. The zero-order valence-electron chi connectivity index (χ0n) is 25.4. The summed E-state index contributed by atoms with van der Waals surface area (Å²) < 4.78 is 0. The van der Waals surface area contributed by atoms with Gasteiger partial charge in [0.25, 0.3) is 0 Å². The molecule has 4 amide bonds.